The fraction of sp³-hybridized carbons (Fsp3) is 0.467. The summed E-state index contributed by atoms with van der Waals surface area (Å²) in [6, 6.07) is 9.37. The van der Waals surface area contributed by atoms with Gasteiger partial charge in [-0.3, -0.25) is 0 Å². The lowest BCUT2D eigenvalue weighted by Gasteiger charge is -2.28. The Kier molecular flexibility index (Phi) is 5.92. The Morgan fingerprint density at radius 3 is 2.35 bits per heavy atom. The van der Waals surface area contributed by atoms with Crippen LogP contribution in [0.3, 0.4) is 0 Å². The molecule has 0 bridgehead atoms. The zero-order valence-electron chi connectivity index (χ0n) is 12.6. The van der Waals surface area contributed by atoms with Gasteiger partial charge in [0, 0.05) is 18.5 Å². The molecule has 5 heteroatoms. The number of hydrogen-bond donors (Lipinski definition) is 1. The first-order valence-electron chi connectivity index (χ1n) is 6.58. The van der Waals surface area contributed by atoms with Gasteiger partial charge in [-0.05, 0) is 31.1 Å². The van der Waals surface area contributed by atoms with Crippen LogP contribution in [-0.2, 0) is 10.0 Å². The molecule has 1 rings (SSSR count). The normalized spacial score (nSPS) is 13.2. The zero-order chi connectivity index (χ0) is 15.2. The molecular weight excluding hydrogens is 272 g/mol. The fourth-order valence-electron chi connectivity index (χ4n) is 1.99. The number of benzene rings is 1. The monoisotopic (exact) mass is 296 g/mol. The van der Waals surface area contributed by atoms with Crippen LogP contribution in [0.25, 0.3) is 6.08 Å². The Hall–Kier alpha value is -1.17. The van der Waals surface area contributed by atoms with Crippen molar-refractivity contribution in [3.8, 4) is 0 Å². The molecule has 4 nitrogen and oxygen atoms in total. The van der Waals surface area contributed by atoms with Crippen molar-refractivity contribution in [2.75, 3.05) is 27.2 Å². The molecule has 0 saturated heterocycles. The summed E-state index contributed by atoms with van der Waals surface area (Å²) in [5, 5.41) is 1.22. The first-order chi connectivity index (χ1) is 9.20. The lowest BCUT2D eigenvalue weighted by molar-refractivity contribution is 0.242. The molecule has 0 aliphatic heterocycles. The third-order valence-corrected chi connectivity index (χ3v) is 3.78. The third-order valence-electron chi connectivity index (χ3n) is 2.74. The molecule has 0 fully saturated rings. The van der Waals surface area contributed by atoms with E-state index in [4.69, 9.17) is 0 Å². The minimum absolute atomic E-state index is 0.114. The largest absolute Gasteiger partial charge is 0.309 e. The maximum absolute atomic E-state index is 11.9. The van der Waals surface area contributed by atoms with Crippen molar-refractivity contribution in [1.29, 1.82) is 0 Å². The summed E-state index contributed by atoms with van der Waals surface area (Å²) in [5.41, 5.74) is 0.752. The molecule has 0 heterocycles. The van der Waals surface area contributed by atoms with Gasteiger partial charge in [-0.1, -0.05) is 44.2 Å². The van der Waals surface area contributed by atoms with Gasteiger partial charge in [0.2, 0.25) is 10.0 Å². The summed E-state index contributed by atoms with van der Waals surface area (Å²) in [5.74, 6) is 0. The highest BCUT2D eigenvalue weighted by Crippen LogP contribution is 2.15. The van der Waals surface area contributed by atoms with Gasteiger partial charge in [-0.25, -0.2) is 13.1 Å². The Bertz CT molecular complexity index is 534. The van der Waals surface area contributed by atoms with E-state index < -0.39 is 10.0 Å². The summed E-state index contributed by atoms with van der Waals surface area (Å²) in [7, 11) is 0.558. The molecule has 0 aromatic heterocycles. The SMILES string of the molecule is CN(C)CC(C)(C)CNS(=O)(=O)/C=C/c1ccccc1. The molecule has 0 unspecified atom stereocenters. The van der Waals surface area contributed by atoms with Crippen molar-refractivity contribution in [3.63, 3.8) is 0 Å². The molecule has 0 radical (unpaired) electrons. The number of rotatable bonds is 7. The van der Waals surface area contributed by atoms with Gasteiger partial charge in [-0.15, -0.1) is 0 Å². The highest BCUT2D eigenvalue weighted by Gasteiger charge is 2.20. The van der Waals surface area contributed by atoms with Crippen molar-refractivity contribution >= 4 is 16.1 Å². The Balaban J connectivity index is 2.60. The molecule has 1 aromatic rings. The first-order valence-corrected chi connectivity index (χ1v) is 8.12. The summed E-state index contributed by atoms with van der Waals surface area (Å²) in [4.78, 5) is 2.05. The zero-order valence-corrected chi connectivity index (χ0v) is 13.4. The number of nitrogens with one attached hydrogen (secondary N) is 1. The van der Waals surface area contributed by atoms with Crippen molar-refractivity contribution in [2.45, 2.75) is 13.8 Å². The number of hydrogen-bond acceptors (Lipinski definition) is 3. The summed E-state index contributed by atoms with van der Waals surface area (Å²) in [6.07, 6.45) is 1.60. The minimum atomic E-state index is -3.40. The first kappa shape index (κ1) is 16.9. The number of nitrogens with zero attached hydrogens (tertiary/aromatic N) is 1. The van der Waals surface area contributed by atoms with E-state index >= 15 is 0 Å². The van der Waals surface area contributed by atoms with E-state index in [0.717, 1.165) is 12.1 Å². The van der Waals surface area contributed by atoms with Crippen LogP contribution >= 0.6 is 0 Å². The summed E-state index contributed by atoms with van der Waals surface area (Å²) < 4.78 is 26.5. The predicted molar refractivity (Wildman–Crippen MR) is 84.7 cm³/mol. The van der Waals surface area contributed by atoms with Crippen LogP contribution in [0.4, 0.5) is 0 Å². The number of sulfonamides is 1. The van der Waals surface area contributed by atoms with E-state index in [-0.39, 0.29) is 5.41 Å². The second kappa shape index (κ2) is 7.02. The fourth-order valence-corrected chi connectivity index (χ4v) is 3.01. The maximum Gasteiger partial charge on any atom is 0.233 e. The van der Waals surface area contributed by atoms with Gasteiger partial charge >= 0.3 is 0 Å². The molecule has 0 spiro atoms. The smallest absolute Gasteiger partial charge is 0.233 e. The van der Waals surface area contributed by atoms with Crippen molar-refractivity contribution < 1.29 is 8.42 Å². The van der Waals surface area contributed by atoms with Gasteiger partial charge < -0.3 is 4.90 Å². The van der Waals surface area contributed by atoms with E-state index in [9.17, 15) is 8.42 Å². The molecule has 0 amide bonds. The molecule has 0 atom stereocenters. The van der Waals surface area contributed by atoms with Crippen molar-refractivity contribution in [2.24, 2.45) is 5.41 Å². The van der Waals surface area contributed by atoms with Crippen LogP contribution in [0.5, 0.6) is 0 Å². The van der Waals surface area contributed by atoms with E-state index in [2.05, 4.69) is 4.72 Å². The average Bonchev–Trinajstić information content (AvgIpc) is 2.34. The second-order valence-corrected chi connectivity index (χ2v) is 7.63. The van der Waals surface area contributed by atoms with Gasteiger partial charge in [0.15, 0.2) is 0 Å². The predicted octanol–water partition coefficient (Wildman–Crippen LogP) is 2.16. The van der Waals surface area contributed by atoms with Crippen molar-refractivity contribution in [3.05, 3.63) is 41.3 Å². The Morgan fingerprint density at radius 1 is 1.20 bits per heavy atom. The lowest BCUT2D eigenvalue weighted by atomic mass is 9.93. The second-order valence-electron chi connectivity index (χ2n) is 5.98. The summed E-state index contributed by atoms with van der Waals surface area (Å²) >= 11 is 0. The van der Waals surface area contributed by atoms with E-state index in [0.29, 0.717) is 6.54 Å². The van der Waals surface area contributed by atoms with Crippen molar-refractivity contribution in [1.82, 2.24) is 9.62 Å². The quantitative estimate of drug-likeness (QED) is 0.839. The van der Waals surface area contributed by atoms with Crippen LogP contribution in [0, 0.1) is 5.41 Å². The Morgan fingerprint density at radius 2 is 1.80 bits per heavy atom. The molecular formula is C15H24N2O2S. The van der Waals surface area contributed by atoms with Gasteiger partial charge in [0.05, 0.1) is 0 Å². The van der Waals surface area contributed by atoms with Crippen LogP contribution < -0.4 is 4.72 Å². The maximum atomic E-state index is 11.9. The van der Waals surface area contributed by atoms with E-state index in [1.54, 1.807) is 6.08 Å². The van der Waals surface area contributed by atoms with Crippen LogP contribution in [-0.4, -0.2) is 40.5 Å². The molecule has 1 N–H and O–H groups in total. The van der Waals surface area contributed by atoms with Crippen LogP contribution in [0.15, 0.2) is 35.7 Å². The average molecular weight is 296 g/mol. The lowest BCUT2D eigenvalue weighted by Crippen LogP contribution is -2.39. The Labute approximate surface area is 122 Å². The highest BCUT2D eigenvalue weighted by atomic mass is 32.2. The molecule has 0 saturated carbocycles. The van der Waals surface area contributed by atoms with E-state index in [1.807, 2.05) is 63.2 Å². The molecule has 1 aromatic carbocycles. The van der Waals surface area contributed by atoms with Crippen LogP contribution in [0.1, 0.15) is 19.4 Å². The topological polar surface area (TPSA) is 49.4 Å². The third kappa shape index (κ3) is 6.84. The van der Waals surface area contributed by atoms with E-state index in [1.165, 1.54) is 5.41 Å². The molecule has 112 valence electrons. The highest BCUT2D eigenvalue weighted by molar-refractivity contribution is 7.92. The van der Waals surface area contributed by atoms with Crippen LogP contribution in [0.2, 0.25) is 0 Å². The van der Waals surface area contributed by atoms with Gasteiger partial charge in [0.1, 0.15) is 0 Å². The van der Waals surface area contributed by atoms with Gasteiger partial charge in [-0.2, -0.15) is 0 Å². The molecule has 0 aliphatic carbocycles. The molecule has 20 heavy (non-hydrogen) atoms. The standard InChI is InChI=1S/C15H24N2O2S/c1-15(2,13-17(3)4)12-16-20(18,19)11-10-14-8-6-5-7-9-14/h5-11,16H,12-13H2,1-4H3/b11-10+. The summed E-state index contributed by atoms with van der Waals surface area (Å²) in [6.45, 7) is 5.30. The van der Waals surface area contributed by atoms with Gasteiger partial charge in [0.25, 0.3) is 0 Å². The minimum Gasteiger partial charge on any atom is -0.309 e. The molecule has 0 aliphatic rings.